The van der Waals surface area contributed by atoms with Gasteiger partial charge in [-0.3, -0.25) is 14.2 Å². The van der Waals surface area contributed by atoms with Crippen molar-refractivity contribution in [3.63, 3.8) is 0 Å². The van der Waals surface area contributed by atoms with Crippen molar-refractivity contribution in [2.45, 2.75) is 13.0 Å². The van der Waals surface area contributed by atoms with Crippen LogP contribution in [0.4, 0.5) is 11.6 Å². The highest BCUT2D eigenvalue weighted by Gasteiger charge is 2.25. The van der Waals surface area contributed by atoms with Crippen molar-refractivity contribution in [2.75, 3.05) is 5.73 Å². The number of allylic oxidation sites excluding steroid dienone is 1. The van der Waals surface area contributed by atoms with E-state index in [1.165, 1.54) is 32.9 Å². The van der Waals surface area contributed by atoms with Crippen LogP contribution in [0, 0.1) is 11.8 Å². The standard InChI is InChI=1S/C29H24N8O2S/c1-4-15-32-27-24(25(30)35-36(27)3)28(38)33-18(2)26-34-21-12-8-9-19(13-14-22-31-16-17-40-22)23(21)29(39)37(26)20-10-6-5-7-11-20/h4-12,15-18H,1H2,2-3H3,(H2,30,35)(H,33,38)/b32-15-. The molecule has 0 aliphatic heterocycles. The lowest BCUT2D eigenvalue weighted by atomic mass is 10.1. The zero-order valence-corrected chi connectivity index (χ0v) is 22.5. The van der Waals surface area contributed by atoms with Crippen LogP contribution in [-0.2, 0) is 7.05 Å². The number of nitrogen functional groups attached to an aromatic ring is 1. The highest BCUT2D eigenvalue weighted by molar-refractivity contribution is 7.10. The van der Waals surface area contributed by atoms with E-state index in [2.05, 4.69) is 38.8 Å². The summed E-state index contributed by atoms with van der Waals surface area (Å²) < 4.78 is 2.91. The van der Waals surface area contributed by atoms with E-state index < -0.39 is 11.9 Å². The van der Waals surface area contributed by atoms with E-state index in [0.29, 0.717) is 33.0 Å². The summed E-state index contributed by atoms with van der Waals surface area (Å²) in [5.41, 5.74) is 7.43. The summed E-state index contributed by atoms with van der Waals surface area (Å²) in [5, 5.41) is 9.90. The molecule has 0 aliphatic rings. The molecule has 0 saturated heterocycles. The first-order valence-electron chi connectivity index (χ1n) is 12.2. The van der Waals surface area contributed by atoms with Crippen molar-refractivity contribution in [3.8, 4) is 17.5 Å². The molecule has 5 aromatic rings. The van der Waals surface area contributed by atoms with Gasteiger partial charge in [-0.05, 0) is 37.1 Å². The second-order valence-electron chi connectivity index (χ2n) is 8.65. The van der Waals surface area contributed by atoms with Gasteiger partial charge < -0.3 is 11.1 Å². The van der Waals surface area contributed by atoms with Gasteiger partial charge in [0.05, 0.1) is 22.6 Å². The maximum absolute atomic E-state index is 14.1. The van der Waals surface area contributed by atoms with Gasteiger partial charge in [0.2, 0.25) is 0 Å². The summed E-state index contributed by atoms with van der Waals surface area (Å²) in [6.07, 6.45) is 4.61. The molecular weight excluding hydrogens is 524 g/mol. The van der Waals surface area contributed by atoms with Gasteiger partial charge in [-0.15, -0.1) is 11.3 Å². The van der Waals surface area contributed by atoms with E-state index in [-0.39, 0.29) is 22.8 Å². The van der Waals surface area contributed by atoms with Gasteiger partial charge in [0, 0.05) is 30.4 Å². The third-order valence-electron chi connectivity index (χ3n) is 5.98. The monoisotopic (exact) mass is 548 g/mol. The molecule has 40 heavy (non-hydrogen) atoms. The highest BCUT2D eigenvalue weighted by Crippen LogP contribution is 2.26. The van der Waals surface area contributed by atoms with Crippen LogP contribution in [0.2, 0.25) is 0 Å². The largest absolute Gasteiger partial charge is 0.381 e. The normalized spacial score (nSPS) is 11.8. The Hall–Kier alpha value is -5.34. The summed E-state index contributed by atoms with van der Waals surface area (Å²) in [5.74, 6) is 6.22. The fourth-order valence-electron chi connectivity index (χ4n) is 4.23. The first-order chi connectivity index (χ1) is 19.4. The van der Waals surface area contributed by atoms with Gasteiger partial charge in [0.25, 0.3) is 11.5 Å². The van der Waals surface area contributed by atoms with Gasteiger partial charge in [0.1, 0.15) is 11.4 Å². The Labute approximate surface area is 233 Å². The first kappa shape index (κ1) is 26.3. The Balaban J connectivity index is 1.63. The molecule has 0 fully saturated rings. The fourth-order valence-corrected chi connectivity index (χ4v) is 4.71. The van der Waals surface area contributed by atoms with Crippen LogP contribution >= 0.6 is 11.3 Å². The molecule has 11 heteroatoms. The number of hydrogen-bond donors (Lipinski definition) is 2. The van der Waals surface area contributed by atoms with Gasteiger partial charge >= 0.3 is 0 Å². The van der Waals surface area contributed by atoms with Crippen LogP contribution in [0.25, 0.3) is 16.6 Å². The van der Waals surface area contributed by atoms with Gasteiger partial charge in [-0.25, -0.2) is 19.6 Å². The zero-order chi connectivity index (χ0) is 28.2. The Kier molecular flexibility index (Phi) is 7.35. The number of anilines is 1. The predicted octanol–water partition coefficient (Wildman–Crippen LogP) is 3.94. The summed E-state index contributed by atoms with van der Waals surface area (Å²) in [6, 6.07) is 13.7. The van der Waals surface area contributed by atoms with E-state index in [9.17, 15) is 9.59 Å². The Bertz CT molecular complexity index is 1880. The lowest BCUT2D eigenvalue weighted by Crippen LogP contribution is -2.33. The first-order valence-corrected chi connectivity index (χ1v) is 13.1. The van der Waals surface area contributed by atoms with Crippen molar-refractivity contribution in [3.05, 3.63) is 105 Å². The maximum Gasteiger partial charge on any atom is 0.267 e. The van der Waals surface area contributed by atoms with E-state index >= 15 is 0 Å². The minimum absolute atomic E-state index is 0.0266. The maximum atomic E-state index is 14.1. The van der Waals surface area contributed by atoms with Gasteiger partial charge in [0.15, 0.2) is 16.6 Å². The molecule has 1 unspecified atom stereocenters. The number of aliphatic imine (C=N–C) groups is 1. The second-order valence-corrected chi connectivity index (χ2v) is 9.54. The Morgan fingerprint density at radius 2 is 2.00 bits per heavy atom. The van der Waals surface area contributed by atoms with Gasteiger partial charge in [-0.2, -0.15) is 5.10 Å². The van der Waals surface area contributed by atoms with E-state index in [0.717, 1.165) is 0 Å². The van der Waals surface area contributed by atoms with E-state index in [1.54, 1.807) is 50.5 Å². The number of fused-ring (bicyclic) bond motifs is 1. The number of amides is 1. The topological polar surface area (TPSA) is 133 Å². The molecule has 0 saturated carbocycles. The van der Waals surface area contributed by atoms with Crippen molar-refractivity contribution in [1.29, 1.82) is 0 Å². The molecular formula is C29H24N8O2S. The minimum atomic E-state index is -0.703. The molecule has 198 valence electrons. The van der Waals surface area contributed by atoms with Crippen LogP contribution in [0.15, 0.2) is 82.5 Å². The molecule has 2 aromatic carbocycles. The number of rotatable bonds is 6. The van der Waals surface area contributed by atoms with Crippen molar-refractivity contribution in [1.82, 2.24) is 29.6 Å². The molecule has 3 aromatic heterocycles. The third kappa shape index (κ3) is 5.03. The fraction of sp³-hybridized carbons (Fsp3) is 0.103. The molecule has 3 N–H and O–H groups in total. The van der Waals surface area contributed by atoms with Crippen LogP contribution < -0.4 is 16.6 Å². The molecule has 1 amide bonds. The number of carbonyl (C=O) groups excluding carboxylic acids is 1. The molecule has 1 atom stereocenters. The molecule has 0 radical (unpaired) electrons. The smallest absolute Gasteiger partial charge is 0.267 e. The van der Waals surface area contributed by atoms with Crippen LogP contribution in [0.5, 0.6) is 0 Å². The van der Waals surface area contributed by atoms with E-state index in [1.807, 2.05) is 23.6 Å². The van der Waals surface area contributed by atoms with Crippen LogP contribution in [0.1, 0.15) is 39.7 Å². The number of nitrogens with two attached hydrogens (primary N) is 1. The number of aromatic nitrogens is 5. The lowest BCUT2D eigenvalue weighted by Gasteiger charge is -2.20. The summed E-state index contributed by atoms with van der Waals surface area (Å²) in [6.45, 7) is 5.36. The Morgan fingerprint density at radius 3 is 2.73 bits per heavy atom. The van der Waals surface area contributed by atoms with Crippen molar-refractivity contribution in [2.24, 2.45) is 12.0 Å². The second kappa shape index (κ2) is 11.2. The molecule has 0 aliphatic carbocycles. The molecule has 0 bridgehead atoms. The van der Waals surface area contributed by atoms with Gasteiger partial charge in [-0.1, -0.05) is 42.8 Å². The predicted molar refractivity (Wildman–Crippen MR) is 157 cm³/mol. The Morgan fingerprint density at radius 1 is 1.20 bits per heavy atom. The SMILES string of the molecule is C=C/C=N\c1c(C(=O)NC(C)c2nc3cccc(C#Cc4nccs4)c3c(=O)n2-c2ccccc2)c(N)nn1C. The number of benzene rings is 2. The van der Waals surface area contributed by atoms with Crippen molar-refractivity contribution < 1.29 is 4.79 Å². The molecule has 10 nitrogen and oxygen atoms in total. The summed E-state index contributed by atoms with van der Waals surface area (Å²) >= 11 is 1.42. The van der Waals surface area contributed by atoms with Crippen LogP contribution in [0.3, 0.4) is 0 Å². The van der Waals surface area contributed by atoms with Crippen molar-refractivity contribution >= 4 is 46.0 Å². The average Bonchev–Trinajstić information content (AvgIpc) is 3.57. The number of thiazole rings is 1. The summed E-state index contributed by atoms with van der Waals surface area (Å²) in [7, 11) is 1.64. The number of carbonyl (C=O) groups is 1. The number of aryl methyl sites for hydroxylation is 1. The molecule has 3 heterocycles. The van der Waals surface area contributed by atoms with Crippen LogP contribution in [-0.4, -0.2) is 36.4 Å². The quantitative estimate of drug-likeness (QED) is 0.244. The zero-order valence-electron chi connectivity index (χ0n) is 21.7. The minimum Gasteiger partial charge on any atom is -0.381 e. The summed E-state index contributed by atoms with van der Waals surface area (Å²) in [4.78, 5) is 40.8. The van der Waals surface area contributed by atoms with E-state index in [4.69, 9.17) is 10.7 Å². The molecule has 0 spiro atoms. The molecule has 5 rings (SSSR count). The third-order valence-corrected chi connectivity index (χ3v) is 6.67. The highest BCUT2D eigenvalue weighted by atomic mass is 32.1. The number of hydrogen-bond acceptors (Lipinski definition) is 8. The number of para-hydroxylation sites is 1. The lowest BCUT2D eigenvalue weighted by molar-refractivity contribution is 0.0939. The average molecular weight is 549 g/mol. The number of nitrogens with zero attached hydrogens (tertiary/aromatic N) is 6. The number of nitrogens with one attached hydrogen (secondary N) is 1.